The first-order chi connectivity index (χ1) is 13.5. The maximum absolute atomic E-state index is 13.0. The molecule has 7 heteroatoms. The number of aryl methyl sites for hydroxylation is 1. The van der Waals surface area contributed by atoms with Crippen LogP contribution in [0.1, 0.15) is 29.4 Å². The van der Waals surface area contributed by atoms with Gasteiger partial charge in [-0.3, -0.25) is 14.4 Å². The van der Waals surface area contributed by atoms with E-state index in [1.54, 1.807) is 29.5 Å². The van der Waals surface area contributed by atoms with E-state index in [1.807, 2.05) is 24.3 Å². The van der Waals surface area contributed by atoms with Crippen molar-refractivity contribution < 1.29 is 14.3 Å². The SMILES string of the molecule is CCOC(=O)C1CCN(C(=O)c2cc3c(=O)n(C)c4ccccc4c3s2)CC1. The number of likely N-dealkylation sites (tertiary alicyclic amines) is 1. The second kappa shape index (κ2) is 7.39. The zero-order valence-electron chi connectivity index (χ0n) is 15.9. The highest BCUT2D eigenvalue weighted by atomic mass is 32.1. The second-order valence-corrected chi connectivity index (χ2v) is 8.11. The van der Waals surface area contributed by atoms with Gasteiger partial charge in [0.05, 0.1) is 28.3 Å². The van der Waals surface area contributed by atoms with Crippen molar-refractivity contribution in [1.29, 1.82) is 0 Å². The van der Waals surface area contributed by atoms with Crippen molar-refractivity contribution >= 4 is 44.2 Å². The number of amides is 1. The molecule has 0 unspecified atom stereocenters. The van der Waals surface area contributed by atoms with Gasteiger partial charge in [0.25, 0.3) is 11.5 Å². The number of hydrogen-bond donors (Lipinski definition) is 0. The molecule has 1 aromatic carbocycles. The van der Waals surface area contributed by atoms with E-state index in [-0.39, 0.29) is 23.4 Å². The maximum Gasteiger partial charge on any atom is 0.309 e. The highest BCUT2D eigenvalue weighted by molar-refractivity contribution is 7.21. The summed E-state index contributed by atoms with van der Waals surface area (Å²) in [5.74, 6) is -0.385. The van der Waals surface area contributed by atoms with Crippen LogP contribution in [-0.4, -0.2) is 41.0 Å². The third-order valence-corrected chi connectivity index (χ3v) is 6.55. The Morgan fingerprint density at radius 3 is 2.61 bits per heavy atom. The Bertz CT molecular complexity index is 1120. The minimum absolute atomic E-state index is 0.0744. The van der Waals surface area contributed by atoms with E-state index in [0.29, 0.717) is 42.8 Å². The molecule has 2 aromatic heterocycles. The number of ether oxygens (including phenoxy) is 1. The lowest BCUT2D eigenvalue weighted by Crippen LogP contribution is -2.40. The van der Waals surface area contributed by atoms with Gasteiger partial charge in [0.2, 0.25) is 0 Å². The van der Waals surface area contributed by atoms with Crippen LogP contribution in [0.4, 0.5) is 0 Å². The first-order valence-corrected chi connectivity index (χ1v) is 10.3. The van der Waals surface area contributed by atoms with Gasteiger partial charge >= 0.3 is 5.97 Å². The molecule has 0 spiro atoms. The number of para-hydroxylation sites is 1. The van der Waals surface area contributed by atoms with Crippen LogP contribution in [0.25, 0.3) is 21.0 Å². The van der Waals surface area contributed by atoms with Gasteiger partial charge in [-0.2, -0.15) is 0 Å². The molecule has 0 N–H and O–H groups in total. The molecule has 146 valence electrons. The molecule has 1 amide bonds. The Labute approximate surface area is 166 Å². The molecule has 1 saturated heterocycles. The Morgan fingerprint density at radius 1 is 1.18 bits per heavy atom. The predicted molar refractivity (Wildman–Crippen MR) is 110 cm³/mol. The number of thiophene rings is 1. The van der Waals surface area contributed by atoms with Gasteiger partial charge < -0.3 is 14.2 Å². The van der Waals surface area contributed by atoms with Crippen molar-refractivity contribution in [3.8, 4) is 0 Å². The number of esters is 1. The van der Waals surface area contributed by atoms with Crippen molar-refractivity contribution in [2.45, 2.75) is 19.8 Å². The molecule has 0 atom stereocenters. The predicted octanol–water partition coefficient (Wildman–Crippen LogP) is 3.17. The van der Waals surface area contributed by atoms with E-state index in [1.165, 1.54) is 11.3 Å². The summed E-state index contributed by atoms with van der Waals surface area (Å²) in [5.41, 5.74) is 0.765. The number of nitrogens with zero attached hydrogens (tertiary/aromatic N) is 2. The zero-order chi connectivity index (χ0) is 19.8. The average Bonchev–Trinajstić information content (AvgIpc) is 3.17. The van der Waals surface area contributed by atoms with Crippen LogP contribution in [0.5, 0.6) is 0 Å². The van der Waals surface area contributed by atoms with Gasteiger partial charge in [0, 0.05) is 30.2 Å². The number of fused-ring (bicyclic) bond motifs is 3. The fraction of sp³-hybridized carbons (Fsp3) is 0.381. The third-order valence-electron chi connectivity index (χ3n) is 5.39. The lowest BCUT2D eigenvalue weighted by molar-refractivity contribution is -0.149. The van der Waals surface area contributed by atoms with Crippen LogP contribution in [0.3, 0.4) is 0 Å². The van der Waals surface area contributed by atoms with Crippen LogP contribution in [0, 0.1) is 5.92 Å². The number of carbonyl (C=O) groups is 2. The summed E-state index contributed by atoms with van der Waals surface area (Å²) >= 11 is 1.37. The molecule has 0 radical (unpaired) electrons. The van der Waals surface area contributed by atoms with Gasteiger partial charge in [-0.15, -0.1) is 11.3 Å². The van der Waals surface area contributed by atoms with E-state index >= 15 is 0 Å². The van der Waals surface area contributed by atoms with Crippen LogP contribution in [0.2, 0.25) is 0 Å². The number of carbonyl (C=O) groups excluding carboxylic acids is 2. The second-order valence-electron chi connectivity index (χ2n) is 7.05. The minimum atomic E-state index is -0.175. The Hall–Kier alpha value is -2.67. The minimum Gasteiger partial charge on any atom is -0.466 e. The number of benzene rings is 1. The number of hydrogen-bond acceptors (Lipinski definition) is 5. The summed E-state index contributed by atoms with van der Waals surface area (Å²) in [6, 6.07) is 9.45. The molecule has 1 fully saturated rings. The molecule has 0 bridgehead atoms. The maximum atomic E-state index is 13.0. The lowest BCUT2D eigenvalue weighted by atomic mass is 9.97. The summed E-state index contributed by atoms with van der Waals surface area (Å²) in [6.07, 6.45) is 1.22. The summed E-state index contributed by atoms with van der Waals surface area (Å²) in [7, 11) is 1.75. The fourth-order valence-corrected chi connectivity index (χ4v) is 4.99. The topological polar surface area (TPSA) is 68.6 Å². The highest BCUT2D eigenvalue weighted by Crippen LogP contribution is 2.31. The Morgan fingerprint density at radius 2 is 1.89 bits per heavy atom. The first kappa shape index (κ1) is 18.7. The molecule has 28 heavy (non-hydrogen) atoms. The molecule has 4 rings (SSSR count). The number of pyridine rings is 1. The smallest absolute Gasteiger partial charge is 0.309 e. The molecule has 0 aliphatic carbocycles. The molecule has 1 aliphatic rings. The molecule has 0 saturated carbocycles. The van der Waals surface area contributed by atoms with Gasteiger partial charge in [-0.1, -0.05) is 18.2 Å². The molecule has 3 aromatic rings. The van der Waals surface area contributed by atoms with Gasteiger partial charge in [-0.05, 0) is 31.9 Å². The van der Waals surface area contributed by atoms with Crippen molar-refractivity contribution in [1.82, 2.24) is 9.47 Å². The molecule has 1 aliphatic heterocycles. The van der Waals surface area contributed by atoms with E-state index in [9.17, 15) is 14.4 Å². The standard InChI is InChI=1S/C21H22N2O4S/c1-3-27-21(26)13-8-10-23(11-9-13)20(25)17-12-15-18(28-17)14-6-4-5-7-16(14)22(2)19(15)24/h4-7,12-13H,3,8-11H2,1-2H3. The first-order valence-electron chi connectivity index (χ1n) is 9.48. The molecule has 3 heterocycles. The summed E-state index contributed by atoms with van der Waals surface area (Å²) < 4.78 is 7.57. The summed E-state index contributed by atoms with van der Waals surface area (Å²) in [6.45, 7) is 3.22. The summed E-state index contributed by atoms with van der Waals surface area (Å²) in [4.78, 5) is 40.0. The van der Waals surface area contributed by atoms with E-state index in [2.05, 4.69) is 0 Å². The zero-order valence-corrected chi connectivity index (χ0v) is 16.8. The third kappa shape index (κ3) is 3.09. The quantitative estimate of drug-likeness (QED) is 0.636. The van der Waals surface area contributed by atoms with E-state index < -0.39 is 0 Å². The summed E-state index contributed by atoms with van der Waals surface area (Å²) in [5, 5.41) is 1.56. The molecular formula is C21H22N2O4S. The van der Waals surface area contributed by atoms with Crippen LogP contribution < -0.4 is 5.56 Å². The van der Waals surface area contributed by atoms with Crippen molar-refractivity contribution in [3.05, 3.63) is 45.6 Å². The van der Waals surface area contributed by atoms with E-state index in [4.69, 9.17) is 4.74 Å². The van der Waals surface area contributed by atoms with Gasteiger partial charge in [0.15, 0.2) is 0 Å². The monoisotopic (exact) mass is 398 g/mol. The van der Waals surface area contributed by atoms with Crippen molar-refractivity contribution in [2.75, 3.05) is 19.7 Å². The van der Waals surface area contributed by atoms with E-state index in [0.717, 1.165) is 15.6 Å². The van der Waals surface area contributed by atoms with Gasteiger partial charge in [0.1, 0.15) is 0 Å². The highest BCUT2D eigenvalue weighted by Gasteiger charge is 2.29. The Balaban J connectivity index is 1.63. The largest absolute Gasteiger partial charge is 0.466 e. The Kier molecular flexibility index (Phi) is 4.93. The number of rotatable bonds is 3. The fourth-order valence-electron chi connectivity index (χ4n) is 3.84. The van der Waals surface area contributed by atoms with Crippen molar-refractivity contribution in [3.63, 3.8) is 0 Å². The number of piperidine rings is 1. The van der Waals surface area contributed by atoms with Crippen LogP contribution in [-0.2, 0) is 16.6 Å². The number of aromatic nitrogens is 1. The van der Waals surface area contributed by atoms with Crippen LogP contribution >= 0.6 is 11.3 Å². The van der Waals surface area contributed by atoms with Gasteiger partial charge in [-0.25, -0.2) is 0 Å². The molecular weight excluding hydrogens is 376 g/mol. The molecule has 6 nitrogen and oxygen atoms in total. The average molecular weight is 398 g/mol. The lowest BCUT2D eigenvalue weighted by Gasteiger charge is -2.30. The van der Waals surface area contributed by atoms with Crippen molar-refractivity contribution in [2.24, 2.45) is 13.0 Å². The normalized spacial score (nSPS) is 15.3. The van der Waals surface area contributed by atoms with Crippen LogP contribution in [0.15, 0.2) is 35.1 Å².